The van der Waals surface area contributed by atoms with Crippen LogP contribution >= 0.6 is 22.9 Å². The number of rotatable bonds is 5. The molecule has 0 amide bonds. The normalized spacial score (nSPS) is 12.6. The van der Waals surface area contributed by atoms with E-state index in [-0.39, 0.29) is 11.1 Å². The van der Waals surface area contributed by atoms with Gasteiger partial charge in [0.25, 0.3) is 0 Å². The SMILES string of the molecule is CCc1ccc(CC(NN)c2cccc(Cl)c2F)s1. The van der Waals surface area contributed by atoms with Gasteiger partial charge in [-0.05, 0) is 24.6 Å². The molecular weight excluding hydrogens is 283 g/mol. The fourth-order valence-electron chi connectivity index (χ4n) is 1.97. The first-order valence-electron chi connectivity index (χ1n) is 6.13. The first-order valence-corrected chi connectivity index (χ1v) is 7.32. The van der Waals surface area contributed by atoms with E-state index in [0.29, 0.717) is 12.0 Å². The van der Waals surface area contributed by atoms with E-state index in [1.54, 1.807) is 23.5 Å². The van der Waals surface area contributed by atoms with Crippen molar-refractivity contribution in [2.24, 2.45) is 5.84 Å². The Morgan fingerprint density at radius 2 is 2.05 bits per heavy atom. The first kappa shape index (κ1) is 14.5. The van der Waals surface area contributed by atoms with E-state index in [4.69, 9.17) is 17.4 Å². The van der Waals surface area contributed by atoms with E-state index < -0.39 is 5.82 Å². The maximum Gasteiger partial charge on any atom is 0.146 e. The maximum atomic E-state index is 14.0. The summed E-state index contributed by atoms with van der Waals surface area (Å²) >= 11 is 7.53. The van der Waals surface area contributed by atoms with Gasteiger partial charge in [0.15, 0.2) is 0 Å². The van der Waals surface area contributed by atoms with Gasteiger partial charge < -0.3 is 0 Å². The van der Waals surface area contributed by atoms with Crippen molar-refractivity contribution in [3.05, 3.63) is 56.5 Å². The molecule has 19 heavy (non-hydrogen) atoms. The van der Waals surface area contributed by atoms with Crippen molar-refractivity contribution in [2.45, 2.75) is 25.8 Å². The maximum absolute atomic E-state index is 14.0. The van der Waals surface area contributed by atoms with Crippen LogP contribution in [0.2, 0.25) is 5.02 Å². The lowest BCUT2D eigenvalue weighted by atomic mass is 10.0. The summed E-state index contributed by atoms with van der Waals surface area (Å²) < 4.78 is 14.0. The Balaban J connectivity index is 2.22. The molecule has 5 heteroatoms. The Kier molecular flexibility index (Phi) is 4.93. The van der Waals surface area contributed by atoms with Crippen LogP contribution in [-0.2, 0) is 12.8 Å². The molecule has 1 aromatic heterocycles. The predicted molar refractivity (Wildman–Crippen MR) is 78.9 cm³/mol. The third-order valence-electron chi connectivity index (χ3n) is 3.03. The summed E-state index contributed by atoms with van der Waals surface area (Å²) in [6, 6.07) is 8.87. The highest BCUT2D eigenvalue weighted by Crippen LogP contribution is 2.27. The van der Waals surface area contributed by atoms with Crippen molar-refractivity contribution >= 4 is 22.9 Å². The van der Waals surface area contributed by atoms with Crippen molar-refractivity contribution < 1.29 is 4.39 Å². The van der Waals surface area contributed by atoms with Gasteiger partial charge in [-0.1, -0.05) is 30.7 Å². The zero-order valence-electron chi connectivity index (χ0n) is 10.6. The number of nitrogens with one attached hydrogen (secondary N) is 1. The van der Waals surface area contributed by atoms with E-state index in [1.165, 1.54) is 15.8 Å². The molecule has 102 valence electrons. The minimum atomic E-state index is -0.403. The number of hydrogen-bond donors (Lipinski definition) is 2. The summed E-state index contributed by atoms with van der Waals surface area (Å²) in [5, 5.41) is 0.123. The Bertz CT molecular complexity index is 556. The second-order valence-corrected chi connectivity index (χ2v) is 5.95. The molecule has 0 radical (unpaired) electrons. The molecule has 0 saturated heterocycles. The van der Waals surface area contributed by atoms with Gasteiger partial charge in [-0.2, -0.15) is 0 Å². The number of hydrazine groups is 1. The van der Waals surface area contributed by atoms with E-state index in [2.05, 4.69) is 24.5 Å². The van der Waals surface area contributed by atoms with Crippen LogP contribution < -0.4 is 11.3 Å². The number of benzene rings is 1. The fraction of sp³-hybridized carbons (Fsp3) is 0.286. The zero-order valence-corrected chi connectivity index (χ0v) is 12.2. The highest BCUT2D eigenvalue weighted by atomic mass is 35.5. The molecule has 0 aliphatic carbocycles. The Labute approximate surface area is 121 Å². The van der Waals surface area contributed by atoms with Crippen LogP contribution in [0.25, 0.3) is 0 Å². The highest BCUT2D eigenvalue weighted by molar-refractivity contribution is 7.11. The molecule has 0 saturated carbocycles. The molecule has 1 heterocycles. The Morgan fingerprint density at radius 3 is 2.68 bits per heavy atom. The smallest absolute Gasteiger partial charge is 0.146 e. The summed E-state index contributed by atoms with van der Waals surface area (Å²) in [5.74, 6) is 5.15. The highest BCUT2D eigenvalue weighted by Gasteiger charge is 2.17. The Hall–Kier alpha value is -0.940. The van der Waals surface area contributed by atoms with Crippen LogP contribution in [0.3, 0.4) is 0 Å². The molecule has 2 nitrogen and oxygen atoms in total. The van der Waals surface area contributed by atoms with Gasteiger partial charge in [0.1, 0.15) is 5.82 Å². The van der Waals surface area contributed by atoms with Crippen molar-refractivity contribution in [3.8, 4) is 0 Å². The van der Waals surface area contributed by atoms with Crippen LogP contribution in [-0.4, -0.2) is 0 Å². The van der Waals surface area contributed by atoms with Gasteiger partial charge in [0, 0.05) is 21.7 Å². The second kappa shape index (κ2) is 6.48. The lowest BCUT2D eigenvalue weighted by Gasteiger charge is -2.16. The second-order valence-electron chi connectivity index (χ2n) is 4.29. The van der Waals surface area contributed by atoms with E-state index in [0.717, 1.165) is 6.42 Å². The largest absolute Gasteiger partial charge is 0.271 e. The molecule has 1 aromatic carbocycles. The van der Waals surface area contributed by atoms with Crippen molar-refractivity contribution in [1.82, 2.24) is 5.43 Å². The Morgan fingerprint density at radius 1 is 1.32 bits per heavy atom. The van der Waals surface area contributed by atoms with Gasteiger partial charge in [-0.25, -0.2) is 4.39 Å². The minimum absolute atomic E-state index is 0.123. The molecule has 0 spiro atoms. The van der Waals surface area contributed by atoms with Gasteiger partial charge in [-0.15, -0.1) is 11.3 Å². The molecule has 0 bridgehead atoms. The van der Waals surface area contributed by atoms with Gasteiger partial charge in [0.2, 0.25) is 0 Å². The quantitative estimate of drug-likeness (QED) is 0.650. The summed E-state index contributed by atoms with van der Waals surface area (Å²) in [7, 11) is 0. The molecule has 0 aliphatic heterocycles. The average molecular weight is 299 g/mol. The van der Waals surface area contributed by atoms with Crippen LogP contribution in [0.5, 0.6) is 0 Å². The number of halogens is 2. The van der Waals surface area contributed by atoms with E-state index in [1.807, 2.05) is 0 Å². The number of thiophene rings is 1. The van der Waals surface area contributed by atoms with Crippen LogP contribution in [0, 0.1) is 5.82 Å². The molecule has 1 atom stereocenters. The lowest BCUT2D eigenvalue weighted by molar-refractivity contribution is 0.513. The third-order valence-corrected chi connectivity index (χ3v) is 4.57. The number of nitrogens with two attached hydrogens (primary N) is 1. The minimum Gasteiger partial charge on any atom is -0.271 e. The molecule has 2 rings (SSSR count). The molecule has 3 N–H and O–H groups in total. The van der Waals surface area contributed by atoms with Crippen LogP contribution in [0.4, 0.5) is 4.39 Å². The molecular formula is C14H16ClFN2S. The summed E-state index contributed by atoms with van der Waals surface area (Å²) in [6.07, 6.45) is 1.66. The topological polar surface area (TPSA) is 38.0 Å². The fourth-order valence-corrected chi connectivity index (χ4v) is 3.16. The summed E-state index contributed by atoms with van der Waals surface area (Å²) in [4.78, 5) is 2.50. The zero-order chi connectivity index (χ0) is 13.8. The van der Waals surface area contributed by atoms with E-state index in [9.17, 15) is 4.39 Å². The van der Waals surface area contributed by atoms with Crippen LogP contribution in [0.15, 0.2) is 30.3 Å². The molecule has 1 unspecified atom stereocenters. The average Bonchev–Trinajstić information content (AvgIpc) is 2.87. The lowest BCUT2D eigenvalue weighted by Crippen LogP contribution is -2.30. The van der Waals surface area contributed by atoms with Crippen molar-refractivity contribution in [2.75, 3.05) is 0 Å². The van der Waals surface area contributed by atoms with Crippen molar-refractivity contribution in [3.63, 3.8) is 0 Å². The first-order chi connectivity index (χ1) is 9.15. The number of aryl methyl sites for hydroxylation is 1. The van der Waals surface area contributed by atoms with Gasteiger partial charge >= 0.3 is 0 Å². The van der Waals surface area contributed by atoms with E-state index >= 15 is 0 Å². The number of hydrogen-bond acceptors (Lipinski definition) is 3. The molecule has 0 fully saturated rings. The van der Waals surface area contributed by atoms with Crippen LogP contribution in [0.1, 0.15) is 28.3 Å². The third kappa shape index (κ3) is 3.34. The standard InChI is InChI=1S/C14H16ClFN2S/c1-2-9-6-7-10(19-9)8-13(18-17)11-4-3-5-12(15)14(11)16/h3-7,13,18H,2,8,17H2,1H3. The predicted octanol–water partition coefficient (Wildman–Crippen LogP) is 3.85. The van der Waals surface area contributed by atoms with Crippen molar-refractivity contribution in [1.29, 1.82) is 0 Å². The molecule has 0 aliphatic rings. The van der Waals surface area contributed by atoms with Gasteiger partial charge in [0.05, 0.1) is 11.1 Å². The monoisotopic (exact) mass is 298 g/mol. The summed E-state index contributed by atoms with van der Waals surface area (Å²) in [6.45, 7) is 2.12. The molecule has 2 aromatic rings. The summed E-state index contributed by atoms with van der Waals surface area (Å²) in [5.41, 5.74) is 3.17. The van der Waals surface area contributed by atoms with Gasteiger partial charge in [-0.3, -0.25) is 11.3 Å².